The Hall–Kier alpha value is -1.02. The molecule has 0 amide bonds. The molecule has 0 unspecified atom stereocenters. The molecule has 2 nitrogen and oxygen atoms in total. The molecule has 0 spiro atoms. The summed E-state index contributed by atoms with van der Waals surface area (Å²) in [5, 5.41) is 3.60. The summed E-state index contributed by atoms with van der Waals surface area (Å²) in [5.74, 6) is 0.689. The molecule has 0 aromatic heterocycles. The van der Waals surface area contributed by atoms with Gasteiger partial charge in [0, 0.05) is 30.9 Å². The monoisotopic (exact) mass is 274 g/mol. The van der Waals surface area contributed by atoms with Crippen LogP contribution < -0.4 is 10.2 Å². The van der Waals surface area contributed by atoms with Crippen molar-refractivity contribution in [2.75, 3.05) is 11.4 Å². The van der Waals surface area contributed by atoms with E-state index in [1.165, 1.54) is 29.7 Å². The molecular formula is C18H30N2. The van der Waals surface area contributed by atoms with Crippen molar-refractivity contribution in [3.05, 3.63) is 29.3 Å². The molecule has 2 rings (SSSR count). The van der Waals surface area contributed by atoms with E-state index in [2.05, 4.69) is 63.0 Å². The number of hydrogen-bond acceptors (Lipinski definition) is 2. The van der Waals surface area contributed by atoms with Crippen molar-refractivity contribution in [3.8, 4) is 0 Å². The number of nitrogens with zero attached hydrogens (tertiary/aromatic N) is 1. The first-order valence-electron chi connectivity index (χ1n) is 8.07. The Morgan fingerprint density at radius 1 is 1.20 bits per heavy atom. The molecule has 0 aliphatic heterocycles. The van der Waals surface area contributed by atoms with Crippen LogP contribution in [0.5, 0.6) is 0 Å². The zero-order chi connectivity index (χ0) is 14.7. The van der Waals surface area contributed by atoms with Crippen LogP contribution in [0.3, 0.4) is 0 Å². The van der Waals surface area contributed by atoms with Crippen molar-refractivity contribution in [1.82, 2.24) is 5.32 Å². The van der Waals surface area contributed by atoms with Crippen LogP contribution in [-0.2, 0) is 6.54 Å². The van der Waals surface area contributed by atoms with Crippen LogP contribution in [0.1, 0.15) is 51.7 Å². The van der Waals surface area contributed by atoms with Crippen LogP contribution in [0.15, 0.2) is 18.2 Å². The van der Waals surface area contributed by atoms with Crippen molar-refractivity contribution in [2.24, 2.45) is 5.92 Å². The zero-order valence-corrected chi connectivity index (χ0v) is 13.7. The maximum Gasteiger partial charge on any atom is 0.0371 e. The highest BCUT2D eigenvalue weighted by molar-refractivity contribution is 5.51. The molecule has 0 bridgehead atoms. The van der Waals surface area contributed by atoms with Gasteiger partial charge in [-0.1, -0.05) is 19.9 Å². The SMILES string of the molecule is Cc1cc(N(CC(C)C)C(C)C)ccc1CNC1CC1. The topological polar surface area (TPSA) is 15.3 Å². The van der Waals surface area contributed by atoms with E-state index in [1.54, 1.807) is 0 Å². The van der Waals surface area contributed by atoms with Crippen LogP contribution in [0.25, 0.3) is 0 Å². The van der Waals surface area contributed by atoms with E-state index in [-0.39, 0.29) is 0 Å². The fraction of sp³-hybridized carbons (Fsp3) is 0.667. The molecule has 1 aromatic carbocycles. The van der Waals surface area contributed by atoms with Crippen molar-refractivity contribution in [3.63, 3.8) is 0 Å². The van der Waals surface area contributed by atoms with Crippen LogP contribution >= 0.6 is 0 Å². The highest BCUT2D eigenvalue weighted by Crippen LogP contribution is 2.24. The van der Waals surface area contributed by atoms with E-state index in [4.69, 9.17) is 0 Å². The van der Waals surface area contributed by atoms with Gasteiger partial charge in [-0.05, 0) is 62.8 Å². The number of nitrogens with one attached hydrogen (secondary N) is 1. The maximum atomic E-state index is 3.60. The third-order valence-electron chi connectivity index (χ3n) is 4.00. The molecule has 0 atom stereocenters. The molecule has 1 N–H and O–H groups in total. The minimum atomic E-state index is 0.548. The molecular weight excluding hydrogens is 244 g/mol. The highest BCUT2D eigenvalue weighted by atomic mass is 15.2. The molecule has 2 heteroatoms. The van der Waals surface area contributed by atoms with Gasteiger partial charge >= 0.3 is 0 Å². The minimum absolute atomic E-state index is 0.548. The van der Waals surface area contributed by atoms with Gasteiger partial charge in [-0.3, -0.25) is 0 Å². The number of anilines is 1. The lowest BCUT2D eigenvalue weighted by molar-refractivity contribution is 0.571. The van der Waals surface area contributed by atoms with E-state index < -0.39 is 0 Å². The van der Waals surface area contributed by atoms with E-state index in [1.807, 2.05) is 0 Å². The second-order valence-corrected chi connectivity index (χ2v) is 6.91. The number of aryl methyl sites for hydroxylation is 1. The Labute approximate surface area is 124 Å². The number of benzene rings is 1. The summed E-state index contributed by atoms with van der Waals surface area (Å²) in [6.45, 7) is 13.5. The minimum Gasteiger partial charge on any atom is -0.369 e. The summed E-state index contributed by atoms with van der Waals surface area (Å²) >= 11 is 0. The second-order valence-electron chi connectivity index (χ2n) is 6.91. The standard InChI is InChI=1S/C18H30N2/c1-13(2)12-20(14(3)4)18-9-6-16(15(5)10-18)11-19-17-7-8-17/h6,9-10,13-14,17,19H,7-8,11-12H2,1-5H3. The lowest BCUT2D eigenvalue weighted by atomic mass is 10.1. The van der Waals surface area contributed by atoms with Crippen molar-refractivity contribution in [2.45, 2.75) is 66.1 Å². The molecule has 0 saturated heterocycles. The Balaban J connectivity index is 2.08. The average molecular weight is 274 g/mol. The highest BCUT2D eigenvalue weighted by Gasteiger charge is 2.20. The van der Waals surface area contributed by atoms with Crippen LogP contribution in [0.2, 0.25) is 0 Å². The predicted molar refractivity (Wildman–Crippen MR) is 88.4 cm³/mol. The Kier molecular flexibility index (Phi) is 5.09. The molecule has 112 valence electrons. The first-order valence-corrected chi connectivity index (χ1v) is 8.07. The van der Waals surface area contributed by atoms with Crippen LogP contribution in [-0.4, -0.2) is 18.6 Å². The van der Waals surface area contributed by atoms with Gasteiger partial charge in [0.25, 0.3) is 0 Å². The van der Waals surface area contributed by atoms with Crippen LogP contribution in [0.4, 0.5) is 5.69 Å². The molecule has 0 heterocycles. The smallest absolute Gasteiger partial charge is 0.0371 e. The summed E-state index contributed by atoms with van der Waals surface area (Å²) in [6, 6.07) is 8.27. The first kappa shape index (κ1) is 15.4. The molecule has 1 aromatic rings. The normalized spacial score (nSPS) is 15.2. The van der Waals surface area contributed by atoms with E-state index in [9.17, 15) is 0 Å². The fourth-order valence-corrected chi connectivity index (χ4v) is 2.61. The lowest BCUT2D eigenvalue weighted by Gasteiger charge is -2.31. The van der Waals surface area contributed by atoms with E-state index >= 15 is 0 Å². The van der Waals surface area contributed by atoms with Gasteiger partial charge < -0.3 is 10.2 Å². The molecule has 1 aliphatic carbocycles. The van der Waals surface area contributed by atoms with Gasteiger partial charge in [0.2, 0.25) is 0 Å². The maximum absolute atomic E-state index is 3.60. The summed E-state index contributed by atoms with van der Waals surface area (Å²) in [5.41, 5.74) is 4.21. The lowest BCUT2D eigenvalue weighted by Crippen LogP contribution is -2.34. The quantitative estimate of drug-likeness (QED) is 0.804. The average Bonchev–Trinajstić information content (AvgIpc) is 3.18. The summed E-state index contributed by atoms with van der Waals surface area (Å²) in [6.07, 6.45) is 2.71. The van der Waals surface area contributed by atoms with Gasteiger partial charge in [-0.2, -0.15) is 0 Å². The Morgan fingerprint density at radius 2 is 1.90 bits per heavy atom. The van der Waals surface area contributed by atoms with Gasteiger partial charge in [0.15, 0.2) is 0 Å². The van der Waals surface area contributed by atoms with Gasteiger partial charge in [-0.25, -0.2) is 0 Å². The largest absolute Gasteiger partial charge is 0.369 e. The molecule has 1 fully saturated rings. The van der Waals surface area contributed by atoms with Gasteiger partial charge in [0.05, 0.1) is 0 Å². The second kappa shape index (κ2) is 6.62. The van der Waals surface area contributed by atoms with Crippen molar-refractivity contribution < 1.29 is 0 Å². The molecule has 1 aliphatic rings. The summed E-state index contributed by atoms with van der Waals surface area (Å²) in [4.78, 5) is 2.51. The number of hydrogen-bond donors (Lipinski definition) is 1. The van der Waals surface area contributed by atoms with Crippen LogP contribution in [0, 0.1) is 12.8 Å². The predicted octanol–water partition coefficient (Wildman–Crippen LogP) is 4.12. The molecule has 1 saturated carbocycles. The Bertz CT molecular complexity index is 433. The van der Waals surface area contributed by atoms with Crippen molar-refractivity contribution in [1.29, 1.82) is 0 Å². The Morgan fingerprint density at radius 3 is 2.40 bits per heavy atom. The van der Waals surface area contributed by atoms with Gasteiger partial charge in [-0.15, -0.1) is 0 Å². The fourth-order valence-electron chi connectivity index (χ4n) is 2.61. The van der Waals surface area contributed by atoms with E-state index in [0.29, 0.717) is 12.0 Å². The molecule has 0 radical (unpaired) electrons. The van der Waals surface area contributed by atoms with E-state index in [0.717, 1.165) is 19.1 Å². The third kappa shape index (κ3) is 4.24. The number of rotatable bonds is 7. The zero-order valence-electron chi connectivity index (χ0n) is 13.7. The summed E-state index contributed by atoms with van der Waals surface area (Å²) < 4.78 is 0. The third-order valence-corrected chi connectivity index (χ3v) is 4.00. The first-order chi connectivity index (χ1) is 9.47. The summed E-state index contributed by atoms with van der Waals surface area (Å²) in [7, 11) is 0. The molecule has 20 heavy (non-hydrogen) atoms. The van der Waals surface area contributed by atoms with Gasteiger partial charge in [0.1, 0.15) is 0 Å². The van der Waals surface area contributed by atoms with Crippen molar-refractivity contribution >= 4 is 5.69 Å².